The molecule has 0 aliphatic carbocycles. The van der Waals surface area contributed by atoms with E-state index >= 15 is 0 Å². The fourth-order valence-electron chi connectivity index (χ4n) is 3.20. The van der Waals surface area contributed by atoms with Gasteiger partial charge in [-0.1, -0.05) is 84.6 Å². The van der Waals surface area contributed by atoms with Crippen molar-refractivity contribution in [1.29, 1.82) is 0 Å². The smallest absolute Gasteiger partial charge is 0.169 e. The molecule has 0 spiro atoms. The Hall–Kier alpha value is -2.98. The monoisotopic (exact) mass is 386 g/mol. The maximum absolute atomic E-state index is 5.24. The van der Waals surface area contributed by atoms with Gasteiger partial charge in [-0.2, -0.15) is 0 Å². The Kier molecular flexibility index (Phi) is 5.49. The zero-order valence-electron chi connectivity index (χ0n) is 16.0. The number of thioether (sulfide) groups is 1. The minimum absolute atomic E-state index is 0.858. The normalized spacial score (nSPS) is 10.8. The van der Waals surface area contributed by atoms with Crippen LogP contribution in [0.5, 0.6) is 5.75 Å². The Balaban J connectivity index is 1.69. The van der Waals surface area contributed by atoms with E-state index in [0.717, 1.165) is 33.6 Å². The average Bonchev–Trinajstić information content (AvgIpc) is 3.10. The number of imidazole rings is 1. The lowest BCUT2D eigenvalue weighted by atomic mass is 10.1. The summed E-state index contributed by atoms with van der Waals surface area (Å²) in [4.78, 5) is 5.01. The molecular weight excluding hydrogens is 364 g/mol. The van der Waals surface area contributed by atoms with Crippen molar-refractivity contribution in [1.82, 2.24) is 9.55 Å². The number of rotatable bonds is 6. The Bertz CT molecular complexity index is 1040. The van der Waals surface area contributed by atoms with Gasteiger partial charge in [0.2, 0.25) is 0 Å². The lowest BCUT2D eigenvalue weighted by molar-refractivity contribution is 0.414. The van der Waals surface area contributed by atoms with Crippen LogP contribution < -0.4 is 4.74 Å². The van der Waals surface area contributed by atoms with Gasteiger partial charge in [-0.3, -0.25) is 0 Å². The highest BCUT2D eigenvalue weighted by Crippen LogP contribution is 2.35. The molecule has 0 atom stereocenters. The first-order chi connectivity index (χ1) is 13.8. The average molecular weight is 387 g/mol. The highest BCUT2D eigenvalue weighted by Gasteiger charge is 2.18. The molecule has 0 aliphatic heterocycles. The van der Waals surface area contributed by atoms with Crippen molar-refractivity contribution in [2.75, 3.05) is 7.11 Å². The summed E-state index contributed by atoms with van der Waals surface area (Å²) in [6.07, 6.45) is 0. The molecule has 3 aromatic carbocycles. The molecule has 1 aromatic heterocycles. The van der Waals surface area contributed by atoms with E-state index in [1.807, 2.05) is 24.3 Å². The summed E-state index contributed by atoms with van der Waals surface area (Å²) in [7, 11) is 3.78. The number of methoxy groups -OCH3 is 1. The Morgan fingerprint density at radius 3 is 2.04 bits per heavy atom. The summed E-state index contributed by atoms with van der Waals surface area (Å²) in [5.41, 5.74) is 5.72. The predicted octanol–water partition coefficient (Wildman–Crippen LogP) is 6.06. The third-order valence-electron chi connectivity index (χ3n) is 4.68. The summed E-state index contributed by atoms with van der Waals surface area (Å²) in [5.74, 6) is 1.74. The molecule has 0 amide bonds. The molecule has 0 radical (unpaired) electrons. The van der Waals surface area contributed by atoms with Crippen molar-refractivity contribution in [3.8, 4) is 28.3 Å². The Morgan fingerprint density at radius 1 is 0.821 bits per heavy atom. The maximum atomic E-state index is 5.24. The lowest BCUT2D eigenvalue weighted by Crippen LogP contribution is -1.95. The second kappa shape index (κ2) is 8.36. The van der Waals surface area contributed by atoms with Crippen molar-refractivity contribution in [3.05, 3.63) is 90.5 Å². The van der Waals surface area contributed by atoms with Gasteiger partial charge < -0.3 is 9.30 Å². The van der Waals surface area contributed by atoms with Crippen molar-refractivity contribution < 1.29 is 4.74 Å². The number of aromatic nitrogens is 2. The molecule has 28 heavy (non-hydrogen) atoms. The highest BCUT2D eigenvalue weighted by atomic mass is 32.2. The largest absolute Gasteiger partial charge is 0.497 e. The van der Waals surface area contributed by atoms with E-state index in [1.165, 1.54) is 11.1 Å². The van der Waals surface area contributed by atoms with Crippen LogP contribution in [0.2, 0.25) is 0 Å². The minimum Gasteiger partial charge on any atom is -0.497 e. The summed E-state index contributed by atoms with van der Waals surface area (Å²) < 4.78 is 7.45. The molecule has 4 heteroatoms. The zero-order chi connectivity index (χ0) is 19.3. The van der Waals surface area contributed by atoms with Gasteiger partial charge in [0.15, 0.2) is 5.16 Å². The Morgan fingerprint density at radius 2 is 1.43 bits per heavy atom. The SMILES string of the molecule is COc1ccc(CSc2nc(-c3ccccc3)c(-c3ccccc3)n2C)cc1. The molecule has 0 saturated carbocycles. The number of benzene rings is 3. The summed E-state index contributed by atoms with van der Waals surface area (Å²) in [6.45, 7) is 0. The van der Waals surface area contributed by atoms with Crippen molar-refractivity contribution in [3.63, 3.8) is 0 Å². The van der Waals surface area contributed by atoms with Gasteiger partial charge in [-0.25, -0.2) is 4.98 Å². The molecule has 0 saturated heterocycles. The Labute approximate surface area is 170 Å². The number of ether oxygens (including phenoxy) is 1. The molecule has 0 N–H and O–H groups in total. The fourth-order valence-corrected chi connectivity index (χ4v) is 4.13. The molecule has 0 unspecified atom stereocenters. The van der Waals surface area contributed by atoms with Gasteiger partial charge in [-0.05, 0) is 17.7 Å². The maximum Gasteiger partial charge on any atom is 0.169 e. The number of hydrogen-bond acceptors (Lipinski definition) is 3. The van der Waals surface area contributed by atoms with Gasteiger partial charge in [0.05, 0.1) is 18.5 Å². The van der Waals surface area contributed by atoms with Crippen LogP contribution in [0.1, 0.15) is 5.56 Å². The van der Waals surface area contributed by atoms with Crippen molar-refractivity contribution >= 4 is 11.8 Å². The second-order valence-electron chi connectivity index (χ2n) is 6.52. The van der Waals surface area contributed by atoms with Crippen LogP contribution >= 0.6 is 11.8 Å². The third-order valence-corrected chi connectivity index (χ3v) is 5.78. The van der Waals surface area contributed by atoms with Crippen LogP contribution in [0, 0.1) is 0 Å². The van der Waals surface area contributed by atoms with E-state index in [4.69, 9.17) is 9.72 Å². The lowest BCUT2D eigenvalue weighted by Gasteiger charge is -2.08. The molecule has 3 nitrogen and oxygen atoms in total. The number of nitrogens with zero attached hydrogens (tertiary/aromatic N) is 2. The standard InChI is InChI=1S/C24H22N2OS/c1-26-23(20-11-7-4-8-12-20)22(19-9-5-3-6-10-19)25-24(26)28-17-18-13-15-21(27-2)16-14-18/h3-16H,17H2,1-2H3. The molecule has 4 rings (SSSR count). The molecule has 4 aromatic rings. The van der Waals surface area contributed by atoms with Crippen LogP contribution in [-0.4, -0.2) is 16.7 Å². The van der Waals surface area contributed by atoms with E-state index in [2.05, 4.69) is 72.3 Å². The summed E-state index contributed by atoms with van der Waals surface area (Å²) in [5, 5.41) is 1.01. The molecule has 0 bridgehead atoms. The van der Waals surface area contributed by atoms with Crippen molar-refractivity contribution in [2.24, 2.45) is 7.05 Å². The van der Waals surface area contributed by atoms with Crippen LogP contribution in [-0.2, 0) is 12.8 Å². The van der Waals surface area contributed by atoms with Gasteiger partial charge in [0.25, 0.3) is 0 Å². The van der Waals surface area contributed by atoms with E-state index in [9.17, 15) is 0 Å². The van der Waals surface area contributed by atoms with Gasteiger partial charge in [-0.15, -0.1) is 0 Å². The van der Waals surface area contributed by atoms with E-state index in [0.29, 0.717) is 0 Å². The third kappa shape index (κ3) is 3.82. The van der Waals surface area contributed by atoms with Crippen LogP contribution in [0.3, 0.4) is 0 Å². The van der Waals surface area contributed by atoms with Crippen LogP contribution in [0.15, 0.2) is 90.1 Å². The summed E-state index contributed by atoms with van der Waals surface area (Å²) >= 11 is 1.75. The van der Waals surface area contributed by atoms with Gasteiger partial charge >= 0.3 is 0 Å². The minimum atomic E-state index is 0.858. The van der Waals surface area contributed by atoms with Crippen LogP contribution in [0.4, 0.5) is 0 Å². The van der Waals surface area contributed by atoms with Crippen molar-refractivity contribution in [2.45, 2.75) is 10.9 Å². The molecule has 140 valence electrons. The van der Waals surface area contributed by atoms with E-state index in [1.54, 1.807) is 18.9 Å². The first-order valence-electron chi connectivity index (χ1n) is 9.19. The van der Waals surface area contributed by atoms with Gasteiger partial charge in [0.1, 0.15) is 5.75 Å². The van der Waals surface area contributed by atoms with Gasteiger partial charge in [0, 0.05) is 23.9 Å². The molecular formula is C24H22N2OS. The summed E-state index contributed by atoms with van der Waals surface area (Å²) in [6, 6.07) is 29.1. The first-order valence-corrected chi connectivity index (χ1v) is 10.2. The van der Waals surface area contributed by atoms with E-state index < -0.39 is 0 Å². The number of hydrogen-bond donors (Lipinski definition) is 0. The topological polar surface area (TPSA) is 27.1 Å². The fraction of sp³-hybridized carbons (Fsp3) is 0.125. The highest BCUT2D eigenvalue weighted by molar-refractivity contribution is 7.98. The quantitative estimate of drug-likeness (QED) is 0.377. The van der Waals surface area contributed by atoms with E-state index in [-0.39, 0.29) is 0 Å². The zero-order valence-corrected chi connectivity index (χ0v) is 16.8. The molecule has 0 fully saturated rings. The van der Waals surface area contributed by atoms with Crippen LogP contribution in [0.25, 0.3) is 22.5 Å². The molecule has 1 heterocycles. The predicted molar refractivity (Wildman–Crippen MR) is 117 cm³/mol. The second-order valence-corrected chi connectivity index (χ2v) is 7.46. The first kappa shape index (κ1) is 18.4. The molecule has 0 aliphatic rings.